The Balaban J connectivity index is 2.04. The van der Waals surface area contributed by atoms with Crippen molar-refractivity contribution in [2.75, 3.05) is 0 Å². The maximum atomic E-state index is 13.4. The SMILES string of the molecule is CC(C)=CCc1c2c(c3occ(-c4ccc(O)cc4)c(=O)c3c1O)C[C@@H](O)C(C)(C)O2. The summed E-state index contributed by atoms with van der Waals surface area (Å²) in [4.78, 5) is 13.4. The van der Waals surface area contributed by atoms with E-state index in [1.807, 2.05) is 19.9 Å². The average molecular weight is 422 g/mol. The van der Waals surface area contributed by atoms with E-state index in [4.69, 9.17) is 9.15 Å². The summed E-state index contributed by atoms with van der Waals surface area (Å²) in [7, 11) is 0. The molecule has 3 aromatic rings. The van der Waals surface area contributed by atoms with E-state index < -0.39 is 11.7 Å². The summed E-state index contributed by atoms with van der Waals surface area (Å²) in [5, 5.41) is 31.4. The maximum absolute atomic E-state index is 13.4. The number of rotatable bonds is 3. The van der Waals surface area contributed by atoms with E-state index in [-0.39, 0.29) is 39.9 Å². The molecule has 0 aliphatic carbocycles. The Labute approximate surface area is 180 Å². The van der Waals surface area contributed by atoms with Crippen LogP contribution in [-0.4, -0.2) is 27.0 Å². The number of aliphatic hydroxyl groups is 1. The van der Waals surface area contributed by atoms with E-state index in [1.54, 1.807) is 26.0 Å². The van der Waals surface area contributed by atoms with Crippen LogP contribution in [-0.2, 0) is 12.8 Å². The van der Waals surface area contributed by atoms with Gasteiger partial charge in [0.05, 0.1) is 11.7 Å². The topological polar surface area (TPSA) is 100 Å². The van der Waals surface area contributed by atoms with Crippen molar-refractivity contribution in [1.82, 2.24) is 0 Å². The molecule has 162 valence electrons. The average Bonchev–Trinajstić information content (AvgIpc) is 2.70. The van der Waals surface area contributed by atoms with Gasteiger partial charge in [-0.15, -0.1) is 0 Å². The first-order valence-corrected chi connectivity index (χ1v) is 10.2. The molecule has 0 saturated heterocycles. The lowest BCUT2D eigenvalue weighted by Gasteiger charge is -2.38. The predicted molar refractivity (Wildman–Crippen MR) is 119 cm³/mol. The summed E-state index contributed by atoms with van der Waals surface area (Å²) in [5.74, 6) is 0.370. The molecule has 31 heavy (non-hydrogen) atoms. The number of phenols is 2. The lowest BCUT2D eigenvalue weighted by atomic mass is 9.87. The third-order valence-corrected chi connectivity index (χ3v) is 5.80. The molecule has 1 aliphatic rings. The van der Waals surface area contributed by atoms with Gasteiger partial charge < -0.3 is 24.5 Å². The van der Waals surface area contributed by atoms with Crippen molar-refractivity contribution in [3.8, 4) is 28.4 Å². The third-order valence-electron chi connectivity index (χ3n) is 5.80. The Kier molecular flexibility index (Phi) is 5.06. The van der Waals surface area contributed by atoms with Crippen molar-refractivity contribution in [3.05, 3.63) is 63.5 Å². The Bertz CT molecular complexity index is 1240. The predicted octanol–water partition coefficient (Wildman–Crippen LogP) is 4.45. The fourth-order valence-corrected chi connectivity index (χ4v) is 3.86. The van der Waals surface area contributed by atoms with Crippen molar-refractivity contribution in [2.45, 2.75) is 52.2 Å². The second kappa shape index (κ2) is 7.46. The molecule has 0 fully saturated rings. The summed E-state index contributed by atoms with van der Waals surface area (Å²) >= 11 is 0. The lowest BCUT2D eigenvalue weighted by molar-refractivity contribution is -0.0415. The molecule has 4 rings (SSSR count). The molecule has 0 radical (unpaired) electrons. The molecule has 1 atom stereocenters. The van der Waals surface area contributed by atoms with E-state index in [2.05, 4.69) is 0 Å². The first kappa shape index (κ1) is 21.0. The van der Waals surface area contributed by atoms with Crippen LogP contribution in [0, 0.1) is 0 Å². The molecule has 0 spiro atoms. The number of hydrogen-bond acceptors (Lipinski definition) is 6. The maximum Gasteiger partial charge on any atom is 0.204 e. The number of benzene rings is 2. The van der Waals surface area contributed by atoms with E-state index in [9.17, 15) is 20.1 Å². The summed E-state index contributed by atoms with van der Waals surface area (Å²) in [5.41, 5.74) is 1.96. The first-order chi connectivity index (χ1) is 14.6. The highest BCUT2D eigenvalue weighted by molar-refractivity contribution is 5.93. The minimum atomic E-state index is -0.848. The summed E-state index contributed by atoms with van der Waals surface area (Å²) in [6, 6.07) is 6.20. The minimum Gasteiger partial charge on any atom is -0.508 e. The van der Waals surface area contributed by atoms with E-state index in [1.165, 1.54) is 18.4 Å². The van der Waals surface area contributed by atoms with Crippen LogP contribution in [0.2, 0.25) is 0 Å². The van der Waals surface area contributed by atoms with Gasteiger partial charge in [0.1, 0.15) is 40.1 Å². The fourth-order valence-electron chi connectivity index (χ4n) is 3.86. The summed E-state index contributed by atoms with van der Waals surface area (Å²) < 4.78 is 12.0. The highest BCUT2D eigenvalue weighted by atomic mass is 16.5. The molecule has 2 heterocycles. The van der Waals surface area contributed by atoms with E-state index in [0.29, 0.717) is 28.9 Å². The van der Waals surface area contributed by atoms with Gasteiger partial charge in [-0.2, -0.15) is 0 Å². The van der Waals surface area contributed by atoms with Gasteiger partial charge in [-0.25, -0.2) is 0 Å². The number of allylic oxidation sites excluding steroid dienone is 2. The van der Waals surface area contributed by atoms with Crippen LogP contribution in [0.3, 0.4) is 0 Å². The molecule has 6 nitrogen and oxygen atoms in total. The molecule has 3 N–H and O–H groups in total. The fraction of sp³-hybridized carbons (Fsp3) is 0.320. The van der Waals surface area contributed by atoms with Crippen LogP contribution in [0.25, 0.3) is 22.1 Å². The van der Waals surface area contributed by atoms with Gasteiger partial charge in [-0.3, -0.25) is 4.79 Å². The van der Waals surface area contributed by atoms with Crippen LogP contribution in [0.15, 0.2) is 51.4 Å². The minimum absolute atomic E-state index is 0.0667. The summed E-state index contributed by atoms with van der Waals surface area (Å²) in [6.07, 6.45) is 3.11. The Hall–Kier alpha value is -3.25. The van der Waals surface area contributed by atoms with E-state index in [0.717, 1.165) is 5.57 Å². The molecule has 0 unspecified atom stereocenters. The normalized spacial score (nSPS) is 17.1. The molecular weight excluding hydrogens is 396 g/mol. The second-order valence-corrected chi connectivity index (χ2v) is 8.78. The number of fused-ring (bicyclic) bond motifs is 3. The van der Waals surface area contributed by atoms with Crippen molar-refractivity contribution in [2.24, 2.45) is 0 Å². The van der Waals surface area contributed by atoms with Crippen LogP contribution in [0.4, 0.5) is 0 Å². The van der Waals surface area contributed by atoms with Crippen LogP contribution < -0.4 is 10.2 Å². The number of hydrogen-bond donors (Lipinski definition) is 3. The van der Waals surface area contributed by atoms with Crippen molar-refractivity contribution < 1.29 is 24.5 Å². The van der Waals surface area contributed by atoms with Gasteiger partial charge in [0.2, 0.25) is 5.43 Å². The molecule has 0 bridgehead atoms. The number of aliphatic hydroxyl groups excluding tert-OH is 1. The van der Waals surface area contributed by atoms with Crippen LogP contribution >= 0.6 is 0 Å². The largest absolute Gasteiger partial charge is 0.508 e. The third kappa shape index (κ3) is 3.57. The molecule has 0 amide bonds. The van der Waals surface area contributed by atoms with Gasteiger partial charge >= 0.3 is 0 Å². The van der Waals surface area contributed by atoms with Gasteiger partial charge in [0.25, 0.3) is 0 Å². The van der Waals surface area contributed by atoms with Gasteiger partial charge in [-0.05, 0) is 51.8 Å². The molecule has 1 aromatic heterocycles. The molecular formula is C25H26O6. The lowest BCUT2D eigenvalue weighted by Crippen LogP contribution is -2.46. The van der Waals surface area contributed by atoms with Gasteiger partial charge in [-0.1, -0.05) is 23.8 Å². The highest BCUT2D eigenvalue weighted by Gasteiger charge is 2.39. The quantitative estimate of drug-likeness (QED) is 0.539. The number of phenolic OH excluding ortho intramolecular Hbond substituents is 2. The molecule has 2 aromatic carbocycles. The zero-order valence-electron chi connectivity index (χ0n) is 18.0. The highest BCUT2D eigenvalue weighted by Crippen LogP contribution is 2.45. The Morgan fingerprint density at radius 3 is 2.52 bits per heavy atom. The zero-order valence-corrected chi connectivity index (χ0v) is 18.0. The Morgan fingerprint density at radius 1 is 1.19 bits per heavy atom. The van der Waals surface area contributed by atoms with Crippen molar-refractivity contribution in [1.29, 1.82) is 0 Å². The monoisotopic (exact) mass is 422 g/mol. The smallest absolute Gasteiger partial charge is 0.204 e. The number of ether oxygens (including phenoxy) is 1. The zero-order chi connectivity index (χ0) is 22.5. The van der Waals surface area contributed by atoms with Crippen molar-refractivity contribution >= 4 is 11.0 Å². The van der Waals surface area contributed by atoms with Crippen molar-refractivity contribution in [3.63, 3.8) is 0 Å². The first-order valence-electron chi connectivity index (χ1n) is 10.2. The van der Waals surface area contributed by atoms with Gasteiger partial charge in [0.15, 0.2) is 0 Å². The molecule has 6 heteroatoms. The second-order valence-electron chi connectivity index (χ2n) is 8.78. The Morgan fingerprint density at radius 2 is 1.87 bits per heavy atom. The standard InChI is InChI=1S/C25H26O6/c1-13(2)5-10-16-21(28)20-22(29)18(14-6-8-15(26)9-7-14)12-30-24(20)17-11-19(27)25(3,4)31-23(16)17/h5-9,12,19,26-28H,10-11H2,1-4H3/t19-/m1/s1. The van der Waals surface area contributed by atoms with E-state index >= 15 is 0 Å². The van der Waals surface area contributed by atoms with Crippen LogP contribution in [0.1, 0.15) is 38.8 Å². The van der Waals surface area contributed by atoms with Gasteiger partial charge in [0, 0.05) is 17.5 Å². The molecule has 0 saturated carbocycles. The summed E-state index contributed by atoms with van der Waals surface area (Å²) in [6.45, 7) is 7.49. The number of aromatic hydroxyl groups is 2. The molecule has 1 aliphatic heterocycles. The van der Waals surface area contributed by atoms with Crippen LogP contribution in [0.5, 0.6) is 17.2 Å².